The number of carbonyl (C=O) groups is 1. The van der Waals surface area contributed by atoms with Gasteiger partial charge in [0.2, 0.25) is 0 Å². The summed E-state index contributed by atoms with van der Waals surface area (Å²) in [6.07, 6.45) is -3.73. The number of hydrogen-bond acceptors (Lipinski definition) is 3. The highest BCUT2D eigenvalue weighted by Crippen LogP contribution is 2.28. The second-order valence-electron chi connectivity index (χ2n) is 5.49. The Bertz CT molecular complexity index is 655. The molecule has 1 amide bonds. The van der Waals surface area contributed by atoms with Crippen molar-refractivity contribution in [2.24, 2.45) is 0 Å². The molecule has 1 aromatic heterocycles. The van der Waals surface area contributed by atoms with Crippen LogP contribution in [0.25, 0.3) is 11.1 Å². The summed E-state index contributed by atoms with van der Waals surface area (Å²) in [4.78, 5) is 14.1. The van der Waals surface area contributed by atoms with Gasteiger partial charge in [-0.3, -0.25) is 9.69 Å². The smallest absolute Gasteiger partial charge is 0.351 e. The molecule has 7 heteroatoms. The van der Waals surface area contributed by atoms with E-state index in [2.05, 4.69) is 5.32 Å². The van der Waals surface area contributed by atoms with Gasteiger partial charge in [0, 0.05) is 12.1 Å². The Labute approximate surface area is 143 Å². The van der Waals surface area contributed by atoms with Crippen LogP contribution < -0.4 is 5.32 Å². The standard InChI is InChI=1S/C17H19F3N2OS/c1-22(12-17(18,19)20)10-5-9-21-16(23)15-14(8-11-24-15)13-6-3-2-4-7-13/h2-4,6-8,11H,5,9-10,12H2,1H3,(H,21,23). The normalized spacial score (nSPS) is 11.7. The highest BCUT2D eigenvalue weighted by Gasteiger charge is 2.28. The van der Waals surface area contributed by atoms with Gasteiger partial charge in [-0.05, 0) is 37.0 Å². The number of benzene rings is 1. The number of hydrogen-bond donors (Lipinski definition) is 1. The number of halogens is 3. The molecule has 0 unspecified atom stereocenters. The molecular weight excluding hydrogens is 337 g/mol. The van der Waals surface area contributed by atoms with Crippen LogP contribution in [0.4, 0.5) is 13.2 Å². The zero-order valence-corrected chi connectivity index (χ0v) is 14.1. The van der Waals surface area contributed by atoms with E-state index >= 15 is 0 Å². The summed E-state index contributed by atoms with van der Waals surface area (Å²) in [5.41, 5.74) is 1.83. The minimum absolute atomic E-state index is 0.192. The van der Waals surface area contributed by atoms with E-state index < -0.39 is 12.7 Å². The molecule has 1 N–H and O–H groups in total. The molecule has 3 nitrogen and oxygen atoms in total. The second kappa shape index (κ2) is 8.30. The van der Waals surface area contributed by atoms with E-state index in [0.29, 0.717) is 17.8 Å². The van der Waals surface area contributed by atoms with Crippen molar-refractivity contribution in [1.29, 1.82) is 0 Å². The first kappa shape index (κ1) is 18.5. The fraction of sp³-hybridized carbons (Fsp3) is 0.353. The van der Waals surface area contributed by atoms with Crippen LogP contribution in [0, 0.1) is 0 Å². The van der Waals surface area contributed by atoms with Crippen molar-refractivity contribution < 1.29 is 18.0 Å². The van der Waals surface area contributed by atoms with Crippen LogP contribution in [-0.4, -0.2) is 43.7 Å². The molecule has 0 aliphatic carbocycles. The lowest BCUT2D eigenvalue weighted by Gasteiger charge is -2.18. The molecular formula is C17H19F3N2OS. The van der Waals surface area contributed by atoms with Crippen LogP contribution in [0.15, 0.2) is 41.8 Å². The minimum atomic E-state index is -4.19. The molecule has 24 heavy (non-hydrogen) atoms. The lowest BCUT2D eigenvalue weighted by molar-refractivity contribution is -0.143. The fourth-order valence-corrected chi connectivity index (χ4v) is 3.18. The van der Waals surface area contributed by atoms with Gasteiger partial charge in [-0.25, -0.2) is 0 Å². The third kappa shape index (κ3) is 5.65. The number of alkyl halides is 3. The quantitative estimate of drug-likeness (QED) is 0.760. The van der Waals surface area contributed by atoms with Crippen molar-refractivity contribution in [3.8, 4) is 11.1 Å². The van der Waals surface area contributed by atoms with E-state index in [-0.39, 0.29) is 12.5 Å². The lowest BCUT2D eigenvalue weighted by atomic mass is 10.1. The van der Waals surface area contributed by atoms with Crippen molar-refractivity contribution in [2.45, 2.75) is 12.6 Å². The van der Waals surface area contributed by atoms with E-state index in [1.54, 1.807) is 0 Å². The number of nitrogens with one attached hydrogen (secondary N) is 1. The van der Waals surface area contributed by atoms with Crippen molar-refractivity contribution >= 4 is 17.2 Å². The first-order valence-electron chi connectivity index (χ1n) is 7.53. The van der Waals surface area contributed by atoms with Gasteiger partial charge in [-0.15, -0.1) is 11.3 Å². The maximum atomic E-state index is 12.3. The Hall–Kier alpha value is -1.86. The van der Waals surface area contributed by atoms with Crippen LogP contribution in [0.1, 0.15) is 16.1 Å². The zero-order valence-electron chi connectivity index (χ0n) is 13.3. The SMILES string of the molecule is CN(CCCNC(=O)c1sccc1-c1ccccc1)CC(F)(F)F. The molecule has 0 saturated heterocycles. The Kier molecular flexibility index (Phi) is 6.39. The molecule has 0 saturated carbocycles. The Balaban J connectivity index is 1.83. The number of thiophene rings is 1. The number of amides is 1. The van der Waals surface area contributed by atoms with Crippen LogP contribution in [0.3, 0.4) is 0 Å². The molecule has 2 aromatic rings. The van der Waals surface area contributed by atoms with Crippen LogP contribution in [0.2, 0.25) is 0 Å². The van der Waals surface area contributed by atoms with Crippen molar-refractivity contribution in [2.75, 3.05) is 26.7 Å². The Morgan fingerprint density at radius 1 is 1.21 bits per heavy atom. The van der Waals surface area contributed by atoms with Crippen molar-refractivity contribution in [3.63, 3.8) is 0 Å². The predicted octanol–water partition coefficient (Wildman–Crippen LogP) is 4.03. The molecule has 1 heterocycles. The molecule has 0 atom stereocenters. The third-order valence-electron chi connectivity index (χ3n) is 3.41. The van der Waals surface area contributed by atoms with Crippen molar-refractivity contribution in [1.82, 2.24) is 10.2 Å². The monoisotopic (exact) mass is 356 g/mol. The summed E-state index contributed by atoms with van der Waals surface area (Å²) in [7, 11) is 1.42. The predicted molar refractivity (Wildman–Crippen MR) is 90.3 cm³/mol. The van der Waals surface area contributed by atoms with Gasteiger partial charge in [0.1, 0.15) is 0 Å². The molecule has 0 spiro atoms. The average molecular weight is 356 g/mol. The highest BCUT2D eigenvalue weighted by molar-refractivity contribution is 7.12. The molecule has 0 fully saturated rings. The number of nitrogens with zero attached hydrogens (tertiary/aromatic N) is 1. The fourth-order valence-electron chi connectivity index (χ4n) is 2.35. The average Bonchev–Trinajstić information content (AvgIpc) is 3.00. The maximum absolute atomic E-state index is 12.3. The van der Waals surface area contributed by atoms with Gasteiger partial charge in [0.05, 0.1) is 11.4 Å². The molecule has 2 rings (SSSR count). The topological polar surface area (TPSA) is 32.3 Å². The van der Waals surface area contributed by atoms with Gasteiger partial charge >= 0.3 is 6.18 Å². The molecule has 0 aliphatic heterocycles. The highest BCUT2D eigenvalue weighted by atomic mass is 32.1. The molecule has 0 aliphatic rings. The van der Waals surface area contributed by atoms with Crippen molar-refractivity contribution in [3.05, 3.63) is 46.7 Å². The third-order valence-corrected chi connectivity index (χ3v) is 4.32. The number of carbonyl (C=O) groups excluding carboxylic acids is 1. The lowest BCUT2D eigenvalue weighted by Crippen LogP contribution is -2.33. The molecule has 0 bridgehead atoms. The van der Waals surface area contributed by atoms with Gasteiger partial charge in [-0.2, -0.15) is 13.2 Å². The summed E-state index contributed by atoms with van der Waals surface area (Å²) in [6, 6.07) is 11.5. The van der Waals surface area contributed by atoms with E-state index in [9.17, 15) is 18.0 Å². The molecule has 1 aromatic carbocycles. The zero-order chi connectivity index (χ0) is 17.6. The van der Waals surface area contributed by atoms with Gasteiger partial charge in [-0.1, -0.05) is 30.3 Å². The Morgan fingerprint density at radius 3 is 2.58 bits per heavy atom. The second-order valence-corrected chi connectivity index (χ2v) is 6.41. The van der Waals surface area contributed by atoms with Crippen LogP contribution in [0.5, 0.6) is 0 Å². The number of rotatable bonds is 7. The summed E-state index contributed by atoms with van der Waals surface area (Å²) in [6.45, 7) is -0.326. The largest absolute Gasteiger partial charge is 0.401 e. The van der Waals surface area contributed by atoms with E-state index in [1.165, 1.54) is 23.3 Å². The summed E-state index contributed by atoms with van der Waals surface area (Å²) in [5.74, 6) is -0.192. The summed E-state index contributed by atoms with van der Waals surface area (Å²) < 4.78 is 36.7. The van der Waals surface area contributed by atoms with E-state index in [1.807, 2.05) is 41.8 Å². The molecule has 0 radical (unpaired) electrons. The van der Waals surface area contributed by atoms with Gasteiger partial charge < -0.3 is 5.32 Å². The first-order valence-corrected chi connectivity index (χ1v) is 8.41. The molecule has 130 valence electrons. The van der Waals surface area contributed by atoms with Gasteiger partial charge in [0.25, 0.3) is 5.91 Å². The maximum Gasteiger partial charge on any atom is 0.401 e. The van der Waals surface area contributed by atoms with Crippen LogP contribution in [-0.2, 0) is 0 Å². The minimum Gasteiger partial charge on any atom is -0.351 e. The van der Waals surface area contributed by atoms with E-state index in [0.717, 1.165) is 11.1 Å². The van der Waals surface area contributed by atoms with Crippen LogP contribution >= 0.6 is 11.3 Å². The first-order chi connectivity index (χ1) is 11.4. The van der Waals surface area contributed by atoms with E-state index in [4.69, 9.17) is 0 Å². The van der Waals surface area contributed by atoms with Gasteiger partial charge in [0.15, 0.2) is 0 Å². The summed E-state index contributed by atoms with van der Waals surface area (Å²) >= 11 is 1.35. The summed E-state index contributed by atoms with van der Waals surface area (Å²) in [5, 5.41) is 4.63. The Morgan fingerprint density at radius 2 is 1.92 bits per heavy atom.